The number of rotatable bonds is 8. The summed E-state index contributed by atoms with van der Waals surface area (Å²) in [4.78, 5) is 19.3. The number of carboxylic acid groups (broad SMARTS) is 2. The van der Waals surface area contributed by atoms with Crippen LogP contribution >= 0.6 is 13.5 Å². The van der Waals surface area contributed by atoms with Crippen LogP contribution in [-0.2, 0) is 9.59 Å². The molecule has 0 saturated heterocycles. The Labute approximate surface area is 116 Å². The molecule has 0 heterocycles. The summed E-state index contributed by atoms with van der Waals surface area (Å²) in [5.74, 6) is -1.33. The second kappa shape index (κ2) is 16.2. The average molecular weight is 282 g/mol. The minimum atomic E-state index is -1.08. The molecule has 0 radical (unpaired) electrons. The molecule has 0 unspecified atom stereocenters. The van der Waals surface area contributed by atoms with Crippen LogP contribution in [0.1, 0.15) is 52.4 Å². The summed E-state index contributed by atoms with van der Waals surface area (Å²) in [7, 11) is 0. The van der Waals surface area contributed by atoms with Crippen LogP contribution in [0.4, 0.5) is 0 Å². The van der Waals surface area contributed by atoms with E-state index >= 15 is 0 Å². The molecule has 0 aromatic rings. The van der Waals surface area contributed by atoms with Gasteiger partial charge in [-0.05, 0) is 12.3 Å². The average Bonchev–Trinajstić information content (AvgIpc) is 2.22. The molecule has 6 heteroatoms. The molecule has 110 valence electrons. The summed E-state index contributed by atoms with van der Waals surface area (Å²) < 4.78 is 0. The zero-order chi connectivity index (χ0) is 13.7. The van der Waals surface area contributed by atoms with Gasteiger partial charge in [0.15, 0.2) is 0 Å². The van der Waals surface area contributed by atoms with Gasteiger partial charge in [-0.15, -0.1) is 0 Å². The van der Waals surface area contributed by atoms with E-state index in [4.69, 9.17) is 15.3 Å². The second-order valence-electron chi connectivity index (χ2n) is 4.25. The van der Waals surface area contributed by atoms with Gasteiger partial charge in [0.2, 0.25) is 0 Å². The molecule has 0 aromatic carbocycles. The fraction of sp³-hybridized carbons (Fsp3) is 0.833. The zero-order valence-corrected chi connectivity index (χ0v) is 12.2. The molecule has 0 amide bonds. The van der Waals surface area contributed by atoms with Gasteiger partial charge in [0.05, 0.1) is 12.8 Å². The van der Waals surface area contributed by atoms with Crippen molar-refractivity contribution in [3.05, 3.63) is 0 Å². The quantitative estimate of drug-likeness (QED) is 0.593. The first-order valence-electron chi connectivity index (χ1n) is 5.94. The molecule has 0 spiro atoms. The molecule has 0 rings (SSSR count). The van der Waals surface area contributed by atoms with Crippen LogP contribution in [0.5, 0.6) is 0 Å². The van der Waals surface area contributed by atoms with Crippen molar-refractivity contribution in [1.82, 2.24) is 0 Å². The fourth-order valence-corrected chi connectivity index (χ4v) is 1.06. The minimum Gasteiger partial charge on any atom is -0.481 e. The van der Waals surface area contributed by atoms with Crippen LogP contribution in [0.25, 0.3) is 0 Å². The Balaban J connectivity index is -0.000000238. The van der Waals surface area contributed by atoms with E-state index in [0.29, 0.717) is 6.61 Å². The fourth-order valence-electron chi connectivity index (χ4n) is 1.06. The van der Waals surface area contributed by atoms with Crippen molar-refractivity contribution in [3.63, 3.8) is 0 Å². The molecule has 0 aliphatic rings. The monoisotopic (exact) mass is 282 g/mol. The number of aliphatic carboxylic acids is 2. The maximum absolute atomic E-state index is 9.64. The van der Waals surface area contributed by atoms with Gasteiger partial charge >= 0.3 is 11.9 Å². The topological polar surface area (TPSA) is 94.8 Å². The second-order valence-corrected chi connectivity index (χ2v) is 4.25. The first kappa shape index (κ1) is 22.4. The van der Waals surface area contributed by atoms with E-state index in [2.05, 4.69) is 13.8 Å². The lowest BCUT2D eigenvalue weighted by molar-refractivity contribution is -0.143. The number of aliphatic hydroxyl groups excluding tert-OH is 1. The number of hydrogen-bond acceptors (Lipinski definition) is 3. The van der Waals surface area contributed by atoms with Crippen molar-refractivity contribution in [2.45, 2.75) is 52.4 Å². The van der Waals surface area contributed by atoms with Crippen LogP contribution < -0.4 is 0 Å². The van der Waals surface area contributed by atoms with E-state index in [1.54, 1.807) is 0 Å². The maximum Gasteiger partial charge on any atom is 0.303 e. The lowest BCUT2D eigenvalue weighted by atomic mass is 10.1. The van der Waals surface area contributed by atoms with Gasteiger partial charge in [-0.3, -0.25) is 9.59 Å². The Bertz CT molecular complexity index is 193. The van der Waals surface area contributed by atoms with E-state index in [-0.39, 0.29) is 26.3 Å². The third-order valence-electron chi connectivity index (χ3n) is 1.99. The van der Waals surface area contributed by atoms with Gasteiger partial charge in [-0.1, -0.05) is 33.1 Å². The van der Waals surface area contributed by atoms with Crippen molar-refractivity contribution < 1.29 is 24.9 Å². The molecule has 5 nitrogen and oxygen atoms in total. The molecule has 0 saturated carbocycles. The highest BCUT2D eigenvalue weighted by molar-refractivity contribution is 7.59. The van der Waals surface area contributed by atoms with E-state index in [1.807, 2.05) is 0 Å². The SMILES string of the molecule is CC(C)CCCCCO.O=C(O)CCC(=O)O.S. The van der Waals surface area contributed by atoms with Crippen LogP contribution in [-0.4, -0.2) is 33.9 Å². The van der Waals surface area contributed by atoms with Crippen molar-refractivity contribution >= 4 is 25.4 Å². The predicted molar refractivity (Wildman–Crippen MR) is 75.3 cm³/mol. The molecule has 0 aromatic heterocycles. The van der Waals surface area contributed by atoms with Crippen LogP contribution in [0, 0.1) is 5.92 Å². The molecule has 0 aliphatic heterocycles. The van der Waals surface area contributed by atoms with Gasteiger partial charge in [0, 0.05) is 6.61 Å². The Morgan fingerprint density at radius 2 is 1.39 bits per heavy atom. The van der Waals surface area contributed by atoms with Gasteiger partial charge in [-0.25, -0.2) is 0 Å². The number of aliphatic hydroxyl groups is 1. The highest BCUT2D eigenvalue weighted by Crippen LogP contribution is 2.06. The smallest absolute Gasteiger partial charge is 0.303 e. The first-order chi connectivity index (χ1) is 7.90. The molecule has 0 aliphatic carbocycles. The summed E-state index contributed by atoms with van der Waals surface area (Å²) in [6, 6.07) is 0. The lowest BCUT2D eigenvalue weighted by Gasteiger charge is -2.01. The van der Waals surface area contributed by atoms with Gasteiger partial charge in [0.25, 0.3) is 0 Å². The lowest BCUT2D eigenvalue weighted by Crippen LogP contribution is -2.00. The third kappa shape index (κ3) is 29.5. The third-order valence-corrected chi connectivity index (χ3v) is 1.99. The Morgan fingerprint density at radius 1 is 0.944 bits per heavy atom. The normalized spacial score (nSPS) is 9.11. The minimum absolute atomic E-state index is 0. The number of hydrogen-bond donors (Lipinski definition) is 3. The van der Waals surface area contributed by atoms with Crippen LogP contribution in [0.15, 0.2) is 0 Å². The molecule has 18 heavy (non-hydrogen) atoms. The molecular weight excluding hydrogens is 256 g/mol. The summed E-state index contributed by atoms with van der Waals surface area (Å²) >= 11 is 0. The predicted octanol–water partition coefficient (Wildman–Crippen LogP) is 2.24. The summed E-state index contributed by atoms with van der Waals surface area (Å²) in [5, 5.41) is 24.2. The number of unbranched alkanes of at least 4 members (excludes halogenated alkanes) is 2. The Morgan fingerprint density at radius 3 is 1.67 bits per heavy atom. The molecule has 0 bridgehead atoms. The molecular formula is C12H26O5S. The highest BCUT2D eigenvalue weighted by Gasteiger charge is 2.00. The van der Waals surface area contributed by atoms with Crippen molar-refractivity contribution in [1.29, 1.82) is 0 Å². The van der Waals surface area contributed by atoms with Crippen molar-refractivity contribution in [2.24, 2.45) is 5.92 Å². The summed E-state index contributed by atoms with van der Waals surface area (Å²) in [5.41, 5.74) is 0. The molecule has 3 N–H and O–H groups in total. The van der Waals surface area contributed by atoms with E-state index in [1.165, 1.54) is 19.3 Å². The summed E-state index contributed by atoms with van der Waals surface area (Å²) in [6.07, 6.45) is 4.16. The first-order valence-corrected chi connectivity index (χ1v) is 5.94. The number of carbonyl (C=O) groups is 2. The van der Waals surface area contributed by atoms with Gasteiger partial charge < -0.3 is 15.3 Å². The molecule has 0 fully saturated rings. The van der Waals surface area contributed by atoms with Gasteiger partial charge in [0.1, 0.15) is 0 Å². The summed E-state index contributed by atoms with van der Waals surface area (Å²) in [6.45, 7) is 4.83. The van der Waals surface area contributed by atoms with E-state index in [0.717, 1.165) is 12.3 Å². The van der Waals surface area contributed by atoms with Gasteiger partial charge in [-0.2, -0.15) is 13.5 Å². The Kier molecular flexibility index (Phi) is 20.3. The molecule has 0 atom stereocenters. The zero-order valence-electron chi connectivity index (χ0n) is 11.2. The highest BCUT2D eigenvalue weighted by atomic mass is 32.1. The Hall–Kier alpha value is -0.750. The van der Waals surface area contributed by atoms with E-state index < -0.39 is 11.9 Å². The van der Waals surface area contributed by atoms with Crippen LogP contribution in [0.2, 0.25) is 0 Å². The largest absolute Gasteiger partial charge is 0.481 e. The maximum atomic E-state index is 9.64. The van der Waals surface area contributed by atoms with E-state index in [9.17, 15) is 9.59 Å². The van der Waals surface area contributed by atoms with Crippen molar-refractivity contribution in [3.8, 4) is 0 Å². The standard InChI is InChI=1S/C8H18O.C4H6O4.H2S/c1-8(2)6-4-3-5-7-9;5-3(6)1-2-4(7)8;/h8-9H,3-7H2,1-2H3;1-2H2,(H,5,6)(H,7,8);1H2. The van der Waals surface area contributed by atoms with Crippen LogP contribution in [0.3, 0.4) is 0 Å². The van der Waals surface area contributed by atoms with Crippen molar-refractivity contribution in [2.75, 3.05) is 6.61 Å². The number of carboxylic acids is 2.